The van der Waals surface area contributed by atoms with Crippen molar-refractivity contribution in [2.45, 2.75) is 13.8 Å². The van der Waals surface area contributed by atoms with Crippen molar-refractivity contribution in [2.24, 2.45) is 0 Å². The van der Waals surface area contributed by atoms with Gasteiger partial charge in [-0.3, -0.25) is 9.59 Å². The molecule has 0 fully saturated rings. The van der Waals surface area contributed by atoms with Gasteiger partial charge in [0.2, 0.25) is 0 Å². The molecule has 0 aliphatic rings. The maximum Gasteiger partial charge on any atom is 0.266 e. The highest BCUT2D eigenvalue weighted by Gasteiger charge is 2.12. The summed E-state index contributed by atoms with van der Waals surface area (Å²) in [5.74, 6) is -0.446. The molecule has 0 saturated carbocycles. The molecule has 0 aliphatic carbocycles. The van der Waals surface area contributed by atoms with E-state index in [9.17, 15) is 14.9 Å². The van der Waals surface area contributed by atoms with Crippen LogP contribution in [0.2, 0.25) is 0 Å². The molecule has 0 unspecified atom stereocenters. The molecule has 3 aromatic carbocycles. The minimum atomic E-state index is -0.525. The van der Waals surface area contributed by atoms with E-state index in [0.717, 1.165) is 11.1 Å². The molecule has 160 valence electrons. The number of carbonyl (C=O) groups excluding carboxylic acids is 2. The number of hydrogen-bond donors (Lipinski definition) is 2. The summed E-state index contributed by atoms with van der Waals surface area (Å²) in [4.78, 5) is 24.8. The third-order valence-corrected chi connectivity index (χ3v) is 4.55. The van der Waals surface area contributed by atoms with Crippen molar-refractivity contribution in [3.8, 4) is 11.8 Å². The normalized spacial score (nSPS) is 10.7. The van der Waals surface area contributed by atoms with Crippen LogP contribution in [0.15, 0.2) is 78.4 Å². The van der Waals surface area contributed by atoms with Crippen LogP contribution in [0.4, 0.5) is 11.4 Å². The standard InChI is InChI=1S/C26H23N3O3/c1-18-10-12-22(13-11-18)29-26(31)21(16-27)15-20-7-3-4-9-24(20)32-17-25(30)28-23-8-5-6-19(2)14-23/h3-15H,17H2,1-2H3,(H,28,30)(H,29,31)/b21-15+. The van der Waals surface area contributed by atoms with Gasteiger partial charge in [0.25, 0.3) is 11.8 Å². The number of para-hydroxylation sites is 1. The molecule has 0 atom stereocenters. The molecule has 3 rings (SSSR count). The number of nitrogens with one attached hydrogen (secondary N) is 2. The van der Waals surface area contributed by atoms with E-state index in [1.54, 1.807) is 42.5 Å². The van der Waals surface area contributed by atoms with Crippen LogP contribution in [-0.4, -0.2) is 18.4 Å². The number of aryl methyl sites for hydroxylation is 2. The molecule has 0 bridgehead atoms. The zero-order valence-corrected chi connectivity index (χ0v) is 17.9. The number of amides is 2. The summed E-state index contributed by atoms with van der Waals surface area (Å²) in [7, 11) is 0. The largest absolute Gasteiger partial charge is 0.483 e. The van der Waals surface area contributed by atoms with Crippen LogP contribution in [-0.2, 0) is 9.59 Å². The van der Waals surface area contributed by atoms with Crippen molar-refractivity contribution in [2.75, 3.05) is 17.2 Å². The minimum absolute atomic E-state index is 0.0779. The van der Waals surface area contributed by atoms with Crippen molar-refractivity contribution in [1.29, 1.82) is 5.26 Å². The molecule has 3 aromatic rings. The van der Waals surface area contributed by atoms with Crippen molar-refractivity contribution >= 4 is 29.3 Å². The Labute approximate surface area is 187 Å². The SMILES string of the molecule is Cc1ccc(NC(=O)/C(C#N)=C/c2ccccc2OCC(=O)Nc2cccc(C)c2)cc1. The number of hydrogen-bond acceptors (Lipinski definition) is 4. The van der Waals surface area contributed by atoms with E-state index in [4.69, 9.17) is 4.74 Å². The van der Waals surface area contributed by atoms with Crippen LogP contribution >= 0.6 is 0 Å². The number of benzene rings is 3. The second kappa shape index (κ2) is 10.6. The molecule has 6 heteroatoms. The molecule has 6 nitrogen and oxygen atoms in total. The average Bonchev–Trinajstić information content (AvgIpc) is 2.78. The summed E-state index contributed by atoms with van der Waals surface area (Å²) in [6.07, 6.45) is 1.44. The summed E-state index contributed by atoms with van der Waals surface area (Å²) in [6, 6.07) is 23.6. The number of carbonyl (C=O) groups is 2. The molecule has 0 aliphatic heterocycles. The van der Waals surface area contributed by atoms with E-state index in [-0.39, 0.29) is 18.1 Å². The Morgan fingerprint density at radius 1 is 0.906 bits per heavy atom. The first-order valence-electron chi connectivity index (χ1n) is 10.0. The van der Waals surface area contributed by atoms with Gasteiger partial charge in [-0.25, -0.2) is 0 Å². The van der Waals surface area contributed by atoms with E-state index in [0.29, 0.717) is 22.7 Å². The van der Waals surface area contributed by atoms with Gasteiger partial charge in [-0.15, -0.1) is 0 Å². The van der Waals surface area contributed by atoms with Gasteiger partial charge in [0.05, 0.1) is 0 Å². The maximum absolute atomic E-state index is 12.5. The van der Waals surface area contributed by atoms with Crippen LogP contribution < -0.4 is 15.4 Å². The lowest BCUT2D eigenvalue weighted by Gasteiger charge is -2.11. The van der Waals surface area contributed by atoms with Crippen molar-refractivity contribution in [3.05, 3.63) is 95.1 Å². The number of ether oxygens (including phenoxy) is 1. The Morgan fingerprint density at radius 3 is 2.38 bits per heavy atom. The molecule has 2 amide bonds. The second-order valence-corrected chi connectivity index (χ2v) is 7.23. The molecule has 0 aromatic heterocycles. The van der Waals surface area contributed by atoms with Crippen molar-refractivity contribution < 1.29 is 14.3 Å². The van der Waals surface area contributed by atoms with Crippen molar-refractivity contribution in [3.63, 3.8) is 0 Å². The fourth-order valence-corrected chi connectivity index (χ4v) is 2.93. The fraction of sp³-hybridized carbons (Fsp3) is 0.115. The lowest BCUT2D eigenvalue weighted by molar-refractivity contribution is -0.118. The maximum atomic E-state index is 12.5. The zero-order chi connectivity index (χ0) is 22.9. The molecule has 2 N–H and O–H groups in total. The van der Waals surface area contributed by atoms with E-state index < -0.39 is 5.91 Å². The Bertz CT molecular complexity index is 1190. The summed E-state index contributed by atoms with van der Waals surface area (Å²) in [6.45, 7) is 3.68. The average molecular weight is 425 g/mol. The van der Waals surface area contributed by atoms with Crippen LogP contribution in [0.25, 0.3) is 6.08 Å². The summed E-state index contributed by atoms with van der Waals surface area (Å²) < 4.78 is 5.66. The minimum Gasteiger partial charge on any atom is -0.483 e. The zero-order valence-electron chi connectivity index (χ0n) is 17.9. The first-order chi connectivity index (χ1) is 15.4. The smallest absolute Gasteiger partial charge is 0.266 e. The van der Waals surface area contributed by atoms with Crippen LogP contribution in [0.5, 0.6) is 5.75 Å². The van der Waals surface area contributed by atoms with Crippen LogP contribution in [0.3, 0.4) is 0 Å². The van der Waals surface area contributed by atoms with Gasteiger partial charge in [0.15, 0.2) is 6.61 Å². The Hall–Kier alpha value is -4.37. The van der Waals surface area contributed by atoms with Gasteiger partial charge in [0.1, 0.15) is 17.4 Å². The first-order valence-corrected chi connectivity index (χ1v) is 10.0. The van der Waals surface area contributed by atoms with Gasteiger partial charge >= 0.3 is 0 Å². The molecule has 32 heavy (non-hydrogen) atoms. The number of nitriles is 1. The van der Waals surface area contributed by atoms with E-state index in [1.165, 1.54) is 6.08 Å². The summed E-state index contributed by atoms with van der Waals surface area (Å²) >= 11 is 0. The van der Waals surface area contributed by atoms with Gasteiger partial charge < -0.3 is 15.4 Å². The van der Waals surface area contributed by atoms with Crippen LogP contribution in [0.1, 0.15) is 16.7 Å². The van der Waals surface area contributed by atoms with Crippen LogP contribution in [0, 0.1) is 25.2 Å². The highest BCUT2D eigenvalue weighted by Crippen LogP contribution is 2.22. The quantitative estimate of drug-likeness (QED) is 0.417. The monoisotopic (exact) mass is 425 g/mol. The third kappa shape index (κ3) is 6.31. The second-order valence-electron chi connectivity index (χ2n) is 7.23. The lowest BCUT2D eigenvalue weighted by atomic mass is 10.1. The van der Waals surface area contributed by atoms with E-state index in [1.807, 2.05) is 50.2 Å². The first kappa shape index (κ1) is 22.3. The van der Waals surface area contributed by atoms with E-state index >= 15 is 0 Å². The fourth-order valence-electron chi connectivity index (χ4n) is 2.93. The predicted molar refractivity (Wildman–Crippen MR) is 125 cm³/mol. The number of rotatable bonds is 7. The van der Waals surface area contributed by atoms with Crippen molar-refractivity contribution in [1.82, 2.24) is 0 Å². The molecule has 0 spiro atoms. The van der Waals surface area contributed by atoms with Gasteiger partial charge in [-0.05, 0) is 55.8 Å². The third-order valence-electron chi connectivity index (χ3n) is 4.55. The lowest BCUT2D eigenvalue weighted by Crippen LogP contribution is -2.20. The Balaban J connectivity index is 1.69. The van der Waals surface area contributed by atoms with Gasteiger partial charge in [-0.1, -0.05) is 48.0 Å². The molecule has 0 radical (unpaired) electrons. The molecular formula is C26H23N3O3. The topological polar surface area (TPSA) is 91.2 Å². The number of nitrogens with zero attached hydrogens (tertiary/aromatic N) is 1. The molecule has 0 heterocycles. The highest BCUT2D eigenvalue weighted by atomic mass is 16.5. The van der Waals surface area contributed by atoms with Gasteiger partial charge in [0, 0.05) is 16.9 Å². The van der Waals surface area contributed by atoms with Gasteiger partial charge in [-0.2, -0.15) is 5.26 Å². The number of anilines is 2. The Kier molecular flexibility index (Phi) is 7.39. The molecule has 0 saturated heterocycles. The molecular weight excluding hydrogens is 402 g/mol. The summed E-state index contributed by atoms with van der Waals surface area (Å²) in [5, 5.41) is 15.0. The highest BCUT2D eigenvalue weighted by molar-refractivity contribution is 6.09. The Morgan fingerprint density at radius 2 is 1.66 bits per heavy atom. The van der Waals surface area contributed by atoms with E-state index in [2.05, 4.69) is 10.6 Å². The predicted octanol–water partition coefficient (Wildman–Crippen LogP) is 4.87. The summed E-state index contributed by atoms with van der Waals surface area (Å²) in [5.41, 5.74) is 3.83.